The molecule has 0 aliphatic carbocycles. The molecule has 0 N–H and O–H groups in total. The molecule has 1 aliphatic rings. The number of rotatable bonds is 10. The van der Waals surface area contributed by atoms with Crippen LogP contribution in [0.5, 0.6) is 0 Å². The van der Waals surface area contributed by atoms with Gasteiger partial charge in [-0.2, -0.15) is 0 Å². The third kappa shape index (κ3) is 6.34. The van der Waals surface area contributed by atoms with Gasteiger partial charge in [0.05, 0.1) is 12.2 Å². The van der Waals surface area contributed by atoms with Crippen LogP contribution >= 0.6 is 0 Å². The van der Waals surface area contributed by atoms with E-state index in [2.05, 4.69) is 20.8 Å². The number of benzene rings is 1. The summed E-state index contributed by atoms with van der Waals surface area (Å²) in [7, 11) is 0. The van der Waals surface area contributed by atoms with E-state index in [4.69, 9.17) is 9.47 Å². The molecule has 0 bridgehead atoms. The van der Waals surface area contributed by atoms with E-state index in [-0.39, 0.29) is 5.97 Å². The maximum atomic E-state index is 11.9. The molecule has 1 aromatic carbocycles. The lowest BCUT2D eigenvalue weighted by molar-refractivity contribution is -0.146. The Bertz CT molecular complexity index is 471. The Morgan fingerprint density at radius 3 is 2.70 bits per heavy atom. The van der Waals surface area contributed by atoms with Crippen molar-refractivity contribution in [2.24, 2.45) is 11.8 Å². The number of carbonyl (C=O) groups excluding carboxylic acids is 1. The smallest absolute Gasteiger partial charge is 0.306 e. The maximum absolute atomic E-state index is 11.9. The highest BCUT2D eigenvalue weighted by Crippen LogP contribution is 2.36. The van der Waals surface area contributed by atoms with Crippen LogP contribution in [0.2, 0.25) is 0 Å². The molecule has 4 atom stereocenters. The van der Waals surface area contributed by atoms with E-state index >= 15 is 0 Å². The van der Waals surface area contributed by atoms with E-state index in [0.29, 0.717) is 37.1 Å². The van der Waals surface area contributed by atoms with Crippen molar-refractivity contribution in [2.45, 2.75) is 71.7 Å². The molecule has 23 heavy (non-hydrogen) atoms. The molecule has 0 aromatic heterocycles. The van der Waals surface area contributed by atoms with Crippen LogP contribution in [0.15, 0.2) is 30.3 Å². The van der Waals surface area contributed by atoms with Crippen molar-refractivity contribution in [1.29, 1.82) is 0 Å². The number of ether oxygens (including phenoxy) is 2. The number of carbonyl (C=O) groups is 1. The molecule has 1 fully saturated rings. The molecular formula is C20H30O3. The van der Waals surface area contributed by atoms with Gasteiger partial charge in [-0.25, -0.2) is 0 Å². The Balaban J connectivity index is 1.61. The zero-order chi connectivity index (χ0) is 16.7. The molecule has 0 saturated carbocycles. The number of unbranched alkanes of at least 4 members (excludes halogenated alkanes) is 1. The minimum Gasteiger partial charge on any atom is -0.461 e. The summed E-state index contributed by atoms with van der Waals surface area (Å²) in [5, 5.41) is 0. The Hall–Kier alpha value is -1.35. The predicted octanol–water partition coefficient (Wildman–Crippen LogP) is 4.74. The number of epoxide rings is 1. The Morgan fingerprint density at radius 2 is 2.00 bits per heavy atom. The molecular weight excluding hydrogens is 288 g/mol. The van der Waals surface area contributed by atoms with Crippen LogP contribution in [0.4, 0.5) is 0 Å². The molecule has 1 aromatic rings. The molecule has 1 saturated heterocycles. The quantitative estimate of drug-likeness (QED) is 0.462. The monoisotopic (exact) mass is 318 g/mol. The first-order valence-electron chi connectivity index (χ1n) is 8.95. The molecule has 0 radical (unpaired) electrons. The van der Waals surface area contributed by atoms with Gasteiger partial charge in [0.25, 0.3) is 0 Å². The summed E-state index contributed by atoms with van der Waals surface area (Å²) in [6, 6.07) is 9.81. The summed E-state index contributed by atoms with van der Waals surface area (Å²) in [4.78, 5) is 11.9. The summed E-state index contributed by atoms with van der Waals surface area (Å²) in [6.07, 6.45) is 5.94. The van der Waals surface area contributed by atoms with Crippen LogP contribution in [0, 0.1) is 11.8 Å². The topological polar surface area (TPSA) is 38.8 Å². The summed E-state index contributed by atoms with van der Waals surface area (Å²) in [6.45, 7) is 6.97. The van der Waals surface area contributed by atoms with Gasteiger partial charge in [0.2, 0.25) is 0 Å². The highest BCUT2D eigenvalue weighted by Gasteiger charge is 2.42. The molecule has 2 rings (SSSR count). The van der Waals surface area contributed by atoms with Gasteiger partial charge in [-0.3, -0.25) is 4.79 Å². The highest BCUT2D eigenvalue weighted by atomic mass is 16.6. The Labute approximate surface area is 140 Å². The summed E-state index contributed by atoms with van der Waals surface area (Å²) in [5.41, 5.74) is 1.03. The molecule has 0 amide bonds. The summed E-state index contributed by atoms with van der Waals surface area (Å²) < 4.78 is 11.2. The average molecular weight is 318 g/mol. The zero-order valence-corrected chi connectivity index (χ0v) is 14.7. The highest BCUT2D eigenvalue weighted by molar-refractivity contribution is 5.69. The summed E-state index contributed by atoms with van der Waals surface area (Å²) >= 11 is 0. The van der Waals surface area contributed by atoms with Crippen LogP contribution in [0.3, 0.4) is 0 Å². The molecule has 1 heterocycles. The standard InChI is InChI=1S/C20H30O3/c1-4-5-9-16(3)20-18(23-20)12-15(2)13-19(21)22-14-17-10-7-6-8-11-17/h6-8,10-11,15-16,18,20H,4-5,9,12-14H2,1-3H3/t15-,16-,18-,20-/m1/s1. The first-order chi connectivity index (χ1) is 11.1. The number of esters is 1. The molecule has 1 aliphatic heterocycles. The third-order valence-electron chi connectivity index (χ3n) is 4.59. The van der Waals surface area contributed by atoms with Gasteiger partial charge in [-0.15, -0.1) is 0 Å². The van der Waals surface area contributed by atoms with E-state index in [0.717, 1.165) is 12.0 Å². The fourth-order valence-corrected chi connectivity index (χ4v) is 3.10. The molecule has 3 heteroatoms. The first kappa shape index (κ1) is 18.0. The molecule has 3 nitrogen and oxygen atoms in total. The largest absolute Gasteiger partial charge is 0.461 e. The minimum atomic E-state index is -0.113. The van der Waals surface area contributed by atoms with Gasteiger partial charge in [-0.05, 0) is 30.2 Å². The fourth-order valence-electron chi connectivity index (χ4n) is 3.10. The van der Waals surface area contributed by atoms with Crippen LogP contribution in [0.1, 0.15) is 58.4 Å². The molecule has 128 valence electrons. The Morgan fingerprint density at radius 1 is 1.26 bits per heavy atom. The predicted molar refractivity (Wildman–Crippen MR) is 92.0 cm³/mol. The fraction of sp³-hybridized carbons (Fsp3) is 0.650. The van der Waals surface area contributed by atoms with Crippen molar-refractivity contribution in [3.8, 4) is 0 Å². The SMILES string of the molecule is CCCC[C@@H](C)[C@H]1O[C@@H]1C[C@@H](C)CC(=O)OCc1ccccc1. The molecule has 0 spiro atoms. The van der Waals surface area contributed by atoms with Crippen molar-refractivity contribution >= 4 is 5.97 Å². The maximum Gasteiger partial charge on any atom is 0.306 e. The van der Waals surface area contributed by atoms with E-state index < -0.39 is 0 Å². The lowest BCUT2D eigenvalue weighted by atomic mass is 9.94. The van der Waals surface area contributed by atoms with Crippen molar-refractivity contribution in [3.05, 3.63) is 35.9 Å². The van der Waals surface area contributed by atoms with Gasteiger partial charge in [0.1, 0.15) is 6.61 Å². The van der Waals surface area contributed by atoms with Crippen LogP contribution in [-0.2, 0) is 20.9 Å². The second kappa shape index (κ2) is 9.07. The zero-order valence-electron chi connectivity index (χ0n) is 14.7. The van der Waals surface area contributed by atoms with Crippen molar-refractivity contribution < 1.29 is 14.3 Å². The second-order valence-electron chi connectivity index (χ2n) is 6.95. The third-order valence-corrected chi connectivity index (χ3v) is 4.59. The normalized spacial score (nSPS) is 22.4. The average Bonchev–Trinajstić information content (AvgIpc) is 3.30. The lowest BCUT2D eigenvalue weighted by Gasteiger charge is -2.11. The van der Waals surface area contributed by atoms with Crippen LogP contribution < -0.4 is 0 Å². The van der Waals surface area contributed by atoms with E-state index in [1.807, 2.05) is 30.3 Å². The van der Waals surface area contributed by atoms with Crippen molar-refractivity contribution in [2.75, 3.05) is 0 Å². The summed E-state index contributed by atoms with van der Waals surface area (Å²) in [5.74, 6) is 0.835. The van der Waals surface area contributed by atoms with E-state index in [9.17, 15) is 4.79 Å². The minimum absolute atomic E-state index is 0.113. The lowest BCUT2D eigenvalue weighted by Crippen LogP contribution is -2.13. The van der Waals surface area contributed by atoms with Crippen molar-refractivity contribution in [3.63, 3.8) is 0 Å². The van der Waals surface area contributed by atoms with Crippen LogP contribution in [0.25, 0.3) is 0 Å². The number of hydrogen-bond donors (Lipinski definition) is 0. The first-order valence-corrected chi connectivity index (χ1v) is 8.95. The van der Waals surface area contributed by atoms with Gasteiger partial charge in [0, 0.05) is 6.42 Å². The second-order valence-corrected chi connectivity index (χ2v) is 6.95. The number of hydrogen-bond acceptors (Lipinski definition) is 3. The van der Waals surface area contributed by atoms with Gasteiger partial charge >= 0.3 is 5.97 Å². The van der Waals surface area contributed by atoms with E-state index in [1.165, 1.54) is 19.3 Å². The van der Waals surface area contributed by atoms with Crippen LogP contribution in [-0.4, -0.2) is 18.2 Å². The van der Waals surface area contributed by atoms with Crippen molar-refractivity contribution in [1.82, 2.24) is 0 Å². The Kier molecular flexibility index (Phi) is 7.10. The molecule has 0 unspecified atom stereocenters. The van der Waals surface area contributed by atoms with E-state index in [1.54, 1.807) is 0 Å². The van der Waals surface area contributed by atoms with Gasteiger partial charge in [-0.1, -0.05) is 63.9 Å². The van der Waals surface area contributed by atoms with Gasteiger partial charge < -0.3 is 9.47 Å². The van der Waals surface area contributed by atoms with Gasteiger partial charge in [0.15, 0.2) is 0 Å².